The number of nitrogens with one attached hydrogen (secondary N) is 2. The highest BCUT2D eigenvalue weighted by Crippen LogP contribution is 2.22. The van der Waals surface area contributed by atoms with Gasteiger partial charge in [0.05, 0.1) is 12.2 Å². The smallest absolute Gasteiger partial charge is 0.262 e. The van der Waals surface area contributed by atoms with Gasteiger partial charge in [0.2, 0.25) is 0 Å². The van der Waals surface area contributed by atoms with Crippen LogP contribution in [0, 0.1) is 5.92 Å². The monoisotopic (exact) mass is 418 g/mol. The first-order chi connectivity index (χ1) is 15.0. The first-order valence-electron chi connectivity index (χ1n) is 10.1. The van der Waals surface area contributed by atoms with Crippen molar-refractivity contribution in [2.75, 3.05) is 23.8 Å². The highest BCUT2D eigenvalue weighted by atomic mass is 16.5. The van der Waals surface area contributed by atoms with Crippen molar-refractivity contribution in [2.45, 2.75) is 13.8 Å². The Labute approximate surface area is 182 Å². The predicted octanol–water partition coefficient (Wildman–Crippen LogP) is 4.99. The summed E-state index contributed by atoms with van der Waals surface area (Å²) in [5, 5.41) is 5.63. The van der Waals surface area contributed by atoms with Crippen LogP contribution >= 0.6 is 0 Å². The van der Waals surface area contributed by atoms with E-state index in [9.17, 15) is 9.59 Å². The maximum atomic E-state index is 12.8. The molecule has 6 heteroatoms. The summed E-state index contributed by atoms with van der Waals surface area (Å²) in [4.78, 5) is 24.9. The molecule has 0 fully saturated rings. The average molecular weight is 418 g/mol. The van der Waals surface area contributed by atoms with Crippen molar-refractivity contribution in [1.29, 1.82) is 0 Å². The van der Waals surface area contributed by atoms with Crippen LogP contribution in [0.2, 0.25) is 0 Å². The van der Waals surface area contributed by atoms with Crippen molar-refractivity contribution in [3.63, 3.8) is 0 Å². The van der Waals surface area contributed by atoms with Gasteiger partial charge in [-0.25, -0.2) is 0 Å². The highest BCUT2D eigenvalue weighted by molar-refractivity contribution is 6.06. The number of rotatable bonds is 9. The molecule has 0 aliphatic rings. The van der Waals surface area contributed by atoms with Gasteiger partial charge in [0, 0.05) is 11.4 Å². The van der Waals surface area contributed by atoms with Crippen molar-refractivity contribution < 1.29 is 19.1 Å². The van der Waals surface area contributed by atoms with Crippen LogP contribution in [-0.4, -0.2) is 25.0 Å². The van der Waals surface area contributed by atoms with E-state index in [2.05, 4.69) is 10.6 Å². The molecule has 0 aliphatic carbocycles. The molecule has 160 valence electrons. The van der Waals surface area contributed by atoms with Crippen LogP contribution in [-0.2, 0) is 4.79 Å². The summed E-state index contributed by atoms with van der Waals surface area (Å²) in [6.45, 7) is 4.51. The lowest BCUT2D eigenvalue weighted by Crippen LogP contribution is -2.20. The van der Waals surface area contributed by atoms with Gasteiger partial charge in [-0.2, -0.15) is 0 Å². The number of benzene rings is 3. The van der Waals surface area contributed by atoms with Crippen LogP contribution in [0.3, 0.4) is 0 Å². The van der Waals surface area contributed by atoms with Crippen LogP contribution in [0.4, 0.5) is 11.4 Å². The van der Waals surface area contributed by atoms with Gasteiger partial charge in [0.25, 0.3) is 11.8 Å². The van der Waals surface area contributed by atoms with E-state index >= 15 is 0 Å². The molecule has 0 spiro atoms. The number of para-hydroxylation sites is 2. The van der Waals surface area contributed by atoms with E-state index in [0.717, 1.165) is 0 Å². The molecule has 0 bridgehead atoms. The van der Waals surface area contributed by atoms with Crippen LogP contribution in [0.1, 0.15) is 24.2 Å². The second-order valence-electron chi connectivity index (χ2n) is 7.39. The molecule has 0 aliphatic heterocycles. The van der Waals surface area contributed by atoms with E-state index < -0.39 is 0 Å². The maximum absolute atomic E-state index is 12.8. The second kappa shape index (κ2) is 10.8. The largest absolute Gasteiger partial charge is 0.492 e. The minimum absolute atomic E-state index is 0.110. The second-order valence-corrected chi connectivity index (χ2v) is 7.39. The lowest BCUT2D eigenvalue weighted by Gasteiger charge is -2.13. The van der Waals surface area contributed by atoms with Crippen molar-refractivity contribution in [1.82, 2.24) is 0 Å². The van der Waals surface area contributed by atoms with E-state index in [1.54, 1.807) is 54.6 Å². The predicted molar refractivity (Wildman–Crippen MR) is 122 cm³/mol. The Balaban J connectivity index is 1.60. The summed E-state index contributed by atoms with van der Waals surface area (Å²) in [5.74, 6) is 0.936. The SMILES string of the molecule is CC(C)COc1ccccc1C(=O)Nc1cccc(NC(=O)COc2ccccc2)c1. The van der Waals surface area contributed by atoms with E-state index in [1.165, 1.54) is 0 Å². The zero-order valence-electron chi connectivity index (χ0n) is 17.6. The molecule has 0 saturated heterocycles. The van der Waals surface area contributed by atoms with Gasteiger partial charge in [-0.1, -0.05) is 50.2 Å². The number of hydrogen-bond acceptors (Lipinski definition) is 4. The summed E-state index contributed by atoms with van der Waals surface area (Å²) in [6.07, 6.45) is 0. The maximum Gasteiger partial charge on any atom is 0.262 e. The van der Waals surface area contributed by atoms with Crippen LogP contribution in [0.5, 0.6) is 11.5 Å². The molecule has 0 aromatic heterocycles. The van der Waals surface area contributed by atoms with Gasteiger partial charge in [0.15, 0.2) is 6.61 Å². The van der Waals surface area contributed by atoms with Gasteiger partial charge in [-0.15, -0.1) is 0 Å². The highest BCUT2D eigenvalue weighted by Gasteiger charge is 2.13. The fraction of sp³-hybridized carbons (Fsp3) is 0.200. The molecule has 0 heterocycles. The van der Waals surface area contributed by atoms with Crippen LogP contribution in [0.15, 0.2) is 78.9 Å². The Bertz CT molecular complexity index is 1020. The number of carbonyl (C=O) groups excluding carboxylic acids is 2. The molecule has 3 rings (SSSR count). The molecule has 3 aromatic carbocycles. The Hall–Kier alpha value is -3.80. The number of ether oxygens (including phenoxy) is 2. The Morgan fingerprint density at radius 3 is 2.23 bits per heavy atom. The lowest BCUT2D eigenvalue weighted by molar-refractivity contribution is -0.118. The van der Waals surface area contributed by atoms with Crippen molar-refractivity contribution in [3.8, 4) is 11.5 Å². The molecule has 0 saturated carbocycles. The van der Waals surface area contributed by atoms with Crippen molar-refractivity contribution in [2.24, 2.45) is 5.92 Å². The molecule has 2 amide bonds. The quantitative estimate of drug-likeness (QED) is 0.513. The van der Waals surface area contributed by atoms with Gasteiger partial charge in [-0.05, 0) is 48.4 Å². The zero-order valence-corrected chi connectivity index (χ0v) is 17.6. The number of anilines is 2. The summed E-state index contributed by atoms with van der Waals surface area (Å²) in [6, 6.07) is 23.2. The summed E-state index contributed by atoms with van der Waals surface area (Å²) >= 11 is 0. The first-order valence-corrected chi connectivity index (χ1v) is 10.1. The molecule has 0 unspecified atom stereocenters. The number of carbonyl (C=O) groups is 2. The van der Waals surface area contributed by atoms with Crippen molar-refractivity contribution in [3.05, 3.63) is 84.4 Å². The summed E-state index contributed by atoms with van der Waals surface area (Å²) in [7, 11) is 0. The van der Waals surface area contributed by atoms with Gasteiger partial charge in [0.1, 0.15) is 11.5 Å². The third-order valence-electron chi connectivity index (χ3n) is 4.22. The molecule has 2 N–H and O–H groups in total. The Kier molecular flexibility index (Phi) is 7.65. The fourth-order valence-corrected chi connectivity index (χ4v) is 2.77. The zero-order chi connectivity index (χ0) is 22.1. The molecular weight excluding hydrogens is 392 g/mol. The molecule has 0 radical (unpaired) electrons. The van der Waals surface area contributed by atoms with Gasteiger partial charge < -0.3 is 20.1 Å². The minimum Gasteiger partial charge on any atom is -0.492 e. The van der Waals surface area contributed by atoms with Gasteiger partial charge >= 0.3 is 0 Å². The summed E-state index contributed by atoms with van der Waals surface area (Å²) < 4.78 is 11.2. The van der Waals surface area contributed by atoms with Crippen LogP contribution in [0.25, 0.3) is 0 Å². The fourth-order valence-electron chi connectivity index (χ4n) is 2.77. The third-order valence-corrected chi connectivity index (χ3v) is 4.22. The van der Waals surface area contributed by atoms with E-state index in [4.69, 9.17) is 9.47 Å². The number of hydrogen-bond donors (Lipinski definition) is 2. The molecular formula is C25H26N2O4. The first kappa shape index (κ1) is 21.9. The molecule has 0 atom stereocenters. The molecule has 31 heavy (non-hydrogen) atoms. The standard InChI is InChI=1S/C25H26N2O4/c1-18(2)16-31-23-14-7-6-13-22(23)25(29)27-20-10-8-9-19(15-20)26-24(28)17-30-21-11-4-3-5-12-21/h3-15,18H,16-17H2,1-2H3,(H,26,28)(H,27,29). The van der Waals surface area contributed by atoms with Crippen LogP contribution < -0.4 is 20.1 Å². The summed E-state index contributed by atoms with van der Waals surface area (Å²) in [5.41, 5.74) is 1.57. The normalized spacial score (nSPS) is 10.4. The van der Waals surface area contributed by atoms with Gasteiger partial charge in [-0.3, -0.25) is 9.59 Å². The topological polar surface area (TPSA) is 76.7 Å². The third kappa shape index (κ3) is 6.89. The minimum atomic E-state index is -0.292. The number of amides is 2. The van der Waals surface area contributed by atoms with Crippen molar-refractivity contribution >= 4 is 23.2 Å². The van der Waals surface area contributed by atoms with E-state index in [0.29, 0.717) is 41.0 Å². The van der Waals surface area contributed by atoms with E-state index in [-0.39, 0.29) is 18.4 Å². The molecule has 3 aromatic rings. The van der Waals surface area contributed by atoms with E-state index in [1.807, 2.05) is 38.1 Å². The Morgan fingerprint density at radius 1 is 0.806 bits per heavy atom. The molecule has 6 nitrogen and oxygen atoms in total. The lowest BCUT2D eigenvalue weighted by atomic mass is 10.1. The Morgan fingerprint density at radius 2 is 1.48 bits per heavy atom. The average Bonchev–Trinajstić information content (AvgIpc) is 2.77.